The van der Waals surface area contributed by atoms with Crippen molar-refractivity contribution in [3.8, 4) is 0 Å². The smallest absolute Gasteiger partial charge is 0.0267 e. The molecule has 1 aromatic rings. The van der Waals surface area contributed by atoms with Gasteiger partial charge >= 0.3 is 0 Å². The fourth-order valence-corrected chi connectivity index (χ4v) is 0.313. The van der Waals surface area contributed by atoms with Gasteiger partial charge in [0.1, 0.15) is 0 Å². The van der Waals surface area contributed by atoms with E-state index in [0.717, 1.165) is 0 Å². The number of halogens is 1. The Morgan fingerprint density at radius 1 is 1.00 bits per heavy atom. The van der Waals surface area contributed by atoms with Crippen molar-refractivity contribution in [1.29, 1.82) is 0 Å². The maximum atomic E-state index is 3.78. The lowest BCUT2D eigenvalue weighted by Gasteiger charge is -1.70. The third-order valence-corrected chi connectivity index (χ3v) is 0.566. The van der Waals surface area contributed by atoms with Crippen molar-refractivity contribution in [3.05, 3.63) is 30.6 Å². The molecular formula is C6H8BrN. The SMILES string of the molecule is CBr.c1ccncc1. The lowest BCUT2D eigenvalue weighted by Crippen LogP contribution is -1.58. The molecule has 0 bridgehead atoms. The molecule has 8 heavy (non-hydrogen) atoms. The van der Waals surface area contributed by atoms with E-state index >= 15 is 0 Å². The molecule has 0 aliphatic carbocycles. The van der Waals surface area contributed by atoms with Crippen LogP contribution in [0, 0.1) is 0 Å². The minimum atomic E-state index is 1.75. The molecule has 0 radical (unpaired) electrons. The average Bonchev–Trinajstić information content (AvgIpc) is 1.96. The lowest BCUT2D eigenvalue weighted by atomic mass is 10.5. The van der Waals surface area contributed by atoms with E-state index in [0.29, 0.717) is 0 Å². The molecule has 1 heterocycles. The summed E-state index contributed by atoms with van der Waals surface area (Å²) >= 11 is 2.94. The topological polar surface area (TPSA) is 12.9 Å². The molecule has 0 unspecified atom stereocenters. The second-order valence-corrected chi connectivity index (χ2v) is 1.02. The van der Waals surface area contributed by atoms with E-state index in [2.05, 4.69) is 20.9 Å². The molecule has 0 saturated heterocycles. The van der Waals surface area contributed by atoms with Crippen LogP contribution < -0.4 is 0 Å². The molecule has 0 saturated carbocycles. The Balaban J connectivity index is 0.000000222. The first-order valence-corrected chi connectivity index (χ1v) is 3.81. The van der Waals surface area contributed by atoms with Crippen molar-refractivity contribution in [2.45, 2.75) is 0 Å². The predicted octanol–water partition coefficient (Wildman–Crippen LogP) is 2.09. The largest absolute Gasteiger partial charge is 0.265 e. The van der Waals surface area contributed by atoms with Gasteiger partial charge in [-0.1, -0.05) is 22.0 Å². The van der Waals surface area contributed by atoms with Crippen molar-refractivity contribution in [3.63, 3.8) is 0 Å². The van der Waals surface area contributed by atoms with E-state index < -0.39 is 0 Å². The summed E-state index contributed by atoms with van der Waals surface area (Å²) < 4.78 is 0. The van der Waals surface area contributed by atoms with E-state index in [1.807, 2.05) is 24.0 Å². The molecule has 44 valence electrons. The Bertz CT molecular complexity index is 80.5. The van der Waals surface area contributed by atoms with Gasteiger partial charge in [0.05, 0.1) is 0 Å². The molecule has 0 aliphatic rings. The zero-order valence-corrected chi connectivity index (χ0v) is 6.30. The van der Waals surface area contributed by atoms with Crippen molar-refractivity contribution in [2.75, 3.05) is 5.83 Å². The highest BCUT2D eigenvalue weighted by Gasteiger charge is 1.58. The van der Waals surface area contributed by atoms with Crippen LogP contribution in [0.3, 0.4) is 0 Å². The maximum Gasteiger partial charge on any atom is 0.0267 e. The van der Waals surface area contributed by atoms with E-state index in [1.54, 1.807) is 12.4 Å². The van der Waals surface area contributed by atoms with Gasteiger partial charge in [-0.3, -0.25) is 4.98 Å². The second kappa shape index (κ2) is 6.63. The van der Waals surface area contributed by atoms with Crippen LogP contribution in [0.5, 0.6) is 0 Å². The standard InChI is InChI=1S/C5H5N.CH3Br/c1-2-4-6-5-3-1;1-2/h1-5H;1H3. The normalized spacial score (nSPS) is 6.75. The number of hydrogen-bond acceptors (Lipinski definition) is 1. The highest BCUT2D eigenvalue weighted by molar-refractivity contribution is 9.08. The van der Waals surface area contributed by atoms with Crippen LogP contribution >= 0.6 is 15.9 Å². The molecule has 0 amide bonds. The summed E-state index contributed by atoms with van der Waals surface area (Å²) in [6.07, 6.45) is 3.50. The lowest BCUT2D eigenvalue weighted by molar-refractivity contribution is 1.33. The number of pyridine rings is 1. The number of nitrogens with zero attached hydrogens (tertiary/aromatic N) is 1. The van der Waals surface area contributed by atoms with Crippen molar-refractivity contribution in [2.24, 2.45) is 0 Å². The number of aromatic nitrogens is 1. The van der Waals surface area contributed by atoms with Gasteiger partial charge in [0.2, 0.25) is 0 Å². The monoisotopic (exact) mass is 173 g/mol. The Morgan fingerprint density at radius 2 is 1.50 bits per heavy atom. The summed E-state index contributed by atoms with van der Waals surface area (Å²) in [6, 6.07) is 5.72. The van der Waals surface area contributed by atoms with E-state index in [1.165, 1.54) is 0 Å². The van der Waals surface area contributed by atoms with Gasteiger partial charge in [-0.05, 0) is 18.0 Å². The molecule has 2 heteroatoms. The highest BCUT2D eigenvalue weighted by Crippen LogP contribution is 1.73. The Labute approximate surface area is 57.9 Å². The Hall–Kier alpha value is -0.370. The van der Waals surface area contributed by atoms with Crippen molar-refractivity contribution < 1.29 is 0 Å². The first kappa shape index (κ1) is 7.63. The summed E-state index contributed by atoms with van der Waals surface area (Å²) in [5.74, 6) is 1.81. The molecular weight excluding hydrogens is 166 g/mol. The van der Waals surface area contributed by atoms with Gasteiger partial charge in [-0.2, -0.15) is 0 Å². The van der Waals surface area contributed by atoms with Gasteiger partial charge in [0, 0.05) is 12.4 Å². The summed E-state index contributed by atoms with van der Waals surface area (Å²) in [7, 11) is 0. The van der Waals surface area contributed by atoms with E-state index in [-0.39, 0.29) is 0 Å². The molecule has 1 aromatic heterocycles. The third kappa shape index (κ3) is 3.81. The van der Waals surface area contributed by atoms with Crippen molar-refractivity contribution in [1.82, 2.24) is 4.98 Å². The predicted molar refractivity (Wildman–Crippen MR) is 39.1 cm³/mol. The van der Waals surface area contributed by atoms with Gasteiger partial charge in [-0.15, -0.1) is 0 Å². The van der Waals surface area contributed by atoms with Crippen LogP contribution in [0.25, 0.3) is 0 Å². The van der Waals surface area contributed by atoms with Gasteiger partial charge < -0.3 is 0 Å². The summed E-state index contributed by atoms with van der Waals surface area (Å²) in [5, 5.41) is 0. The summed E-state index contributed by atoms with van der Waals surface area (Å²) in [5.41, 5.74) is 0. The number of alkyl halides is 1. The molecule has 0 spiro atoms. The van der Waals surface area contributed by atoms with Crippen LogP contribution in [0.1, 0.15) is 0 Å². The van der Waals surface area contributed by atoms with E-state index in [4.69, 9.17) is 0 Å². The van der Waals surface area contributed by atoms with Crippen LogP contribution in [0.2, 0.25) is 0 Å². The molecule has 0 fully saturated rings. The molecule has 0 atom stereocenters. The Morgan fingerprint density at radius 3 is 1.62 bits per heavy atom. The highest BCUT2D eigenvalue weighted by atomic mass is 79.9. The van der Waals surface area contributed by atoms with Crippen LogP contribution in [-0.2, 0) is 0 Å². The molecule has 1 nitrogen and oxygen atoms in total. The summed E-state index contributed by atoms with van der Waals surface area (Å²) in [4.78, 5) is 3.78. The van der Waals surface area contributed by atoms with Crippen molar-refractivity contribution >= 4 is 15.9 Å². The molecule has 0 N–H and O–H groups in total. The minimum Gasteiger partial charge on any atom is -0.265 e. The fraction of sp³-hybridized carbons (Fsp3) is 0.167. The van der Waals surface area contributed by atoms with Crippen LogP contribution in [0.15, 0.2) is 30.6 Å². The minimum absolute atomic E-state index is 1.75. The van der Waals surface area contributed by atoms with Crippen LogP contribution in [0.4, 0.5) is 0 Å². The van der Waals surface area contributed by atoms with Crippen LogP contribution in [-0.4, -0.2) is 10.8 Å². The van der Waals surface area contributed by atoms with Gasteiger partial charge in [0.25, 0.3) is 0 Å². The zero-order valence-electron chi connectivity index (χ0n) is 4.71. The molecule has 1 rings (SSSR count). The first-order valence-electron chi connectivity index (χ1n) is 2.23. The number of rotatable bonds is 0. The fourth-order valence-electron chi connectivity index (χ4n) is 0.313. The Kier molecular flexibility index (Phi) is 6.32. The quantitative estimate of drug-likeness (QED) is 0.548. The zero-order chi connectivity index (χ0) is 6.24. The van der Waals surface area contributed by atoms with Gasteiger partial charge in [-0.25, -0.2) is 0 Å². The molecule has 0 aliphatic heterocycles. The average molecular weight is 174 g/mol. The van der Waals surface area contributed by atoms with E-state index in [9.17, 15) is 0 Å². The first-order chi connectivity index (χ1) is 4.00. The third-order valence-electron chi connectivity index (χ3n) is 0.566. The summed E-state index contributed by atoms with van der Waals surface area (Å²) in [6.45, 7) is 0. The second-order valence-electron chi connectivity index (χ2n) is 1.02. The number of hydrogen-bond donors (Lipinski definition) is 0. The van der Waals surface area contributed by atoms with Gasteiger partial charge in [0.15, 0.2) is 0 Å². The molecule has 0 aromatic carbocycles. The maximum absolute atomic E-state index is 3.78.